The average molecular weight is 249 g/mol. The number of nitrogens with one attached hydrogen (secondary N) is 1. The van der Waals surface area contributed by atoms with Gasteiger partial charge < -0.3 is 15.5 Å². The molecule has 0 aliphatic heterocycles. The Labute approximate surface area is 105 Å². The van der Waals surface area contributed by atoms with E-state index in [-0.39, 0.29) is 11.5 Å². The average Bonchev–Trinajstić information content (AvgIpc) is 2.26. The van der Waals surface area contributed by atoms with Gasteiger partial charge in [0.25, 0.3) is 0 Å². The summed E-state index contributed by atoms with van der Waals surface area (Å²) >= 11 is 0. The fourth-order valence-electron chi connectivity index (χ4n) is 1.53. The molecule has 0 aliphatic rings. The quantitative estimate of drug-likeness (QED) is 0.690. The number of allylic oxidation sites excluding steroid dienone is 2. The maximum absolute atomic E-state index is 11.2. The van der Waals surface area contributed by atoms with E-state index in [1.165, 1.54) is 37.3 Å². The van der Waals surface area contributed by atoms with E-state index in [0.29, 0.717) is 11.3 Å². The number of rotatable bonds is 5. The van der Waals surface area contributed by atoms with Crippen molar-refractivity contribution in [3.05, 3.63) is 41.6 Å². The molecule has 96 valence electrons. The highest BCUT2D eigenvalue weighted by atomic mass is 16.4. The van der Waals surface area contributed by atoms with Gasteiger partial charge in [-0.3, -0.25) is 4.79 Å². The van der Waals surface area contributed by atoms with Crippen LogP contribution in [0.15, 0.2) is 36.0 Å². The van der Waals surface area contributed by atoms with Crippen molar-refractivity contribution in [2.75, 3.05) is 0 Å². The second-order valence-electron chi connectivity index (χ2n) is 3.95. The molecule has 0 saturated carbocycles. The Hall–Kier alpha value is -2.30. The van der Waals surface area contributed by atoms with E-state index in [9.17, 15) is 9.59 Å². The predicted molar refractivity (Wildman–Crippen MR) is 66.1 cm³/mol. The maximum Gasteiger partial charge on any atom is 0.330 e. The minimum atomic E-state index is -1.06. The van der Waals surface area contributed by atoms with Crippen molar-refractivity contribution in [3.63, 3.8) is 0 Å². The molecule has 0 bridgehead atoms. The van der Waals surface area contributed by atoms with Crippen molar-refractivity contribution in [1.29, 1.82) is 0 Å². The second kappa shape index (κ2) is 5.86. The number of carbonyl (C=O) groups excluding carboxylic acids is 1. The molecule has 1 aromatic carbocycles. The van der Waals surface area contributed by atoms with Crippen LogP contribution in [0.2, 0.25) is 0 Å². The monoisotopic (exact) mass is 249 g/mol. The van der Waals surface area contributed by atoms with E-state index in [1.54, 1.807) is 6.92 Å². The molecule has 0 aliphatic carbocycles. The highest BCUT2D eigenvalue weighted by molar-refractivity contribution is 5.88. The summed E-state index contributed by atoms with van der Waals surface area (Å²) in [6.45, 7) is 3.01. The number of hydrogen-bond acceptors (Lipinski definition) is 4. The molecule has 0 fully saturated rings. The van der Waals surface area contributed by atoms with Gasteiger partial charge in [0.1, 0.15) is 11.8 Å². The lowest BCUT2D eigenvalue weighted by atomic mass is 10.1. The van der Waals surface area contributed by atoms with Crippen LogP contribution < -0.4 is 5.32 Å². The number of aromatic hydroxyl groups is 1. The minimum absolute atomic E-state index is 0.0684. The smallest absolute Gasteiger partial charge is 0.330 e. The van der Waals surface area contributed by atoms with Crippen molar-refractivity contribution in [1.82, 2.24) is 5.32 Å². The number of carboxylic acids is 1. The first kappa shape index (κ1) is 13.8. The summed E-state index contributed by atoms with van der Waals surface area (Å²) in [6.07, 6.45) is 1.33. The van der Waals surface area contributed by atoms with Crippen molar-refractivity contribution in [2.24, 2.45) is 0 Å². The van der Waals surface area contributed by atoms with Gasteiger partial charge in [0.05, 0.1) is 0 Å². The first-order chi connectivity index (χ1) is 8.40. The Morgan fingerprint density at radius 2 is 1.78 bits per heavy atom. The van der Waals surface area contributed by atoms with Crippen LogP contribution in [0.1, 0.15) is 25.5 Å². The maximum atomic E-state index is 11.2. The van der Waals surface area contributed by atoms with Crippen LogP contribution in [0, 0.1) is 0 Å². The first-order valence-electron chi connectivity index (χ1n) is 5.37. The number of hydrogen-bond donors (Lipinski definition) is 3. The van der Waals surface area contributed by atoms with Gasteiger partial charge in [0.15, 0.2) is 5.78 Å². The molecule has 0 heterocycles. The van der Waals surface area contributed by atoms with Crippen LogP contribution in [0.4, 0.5) is 0 Å². The molecule has 0 spiro atoms. The summed E-state index contributed by atoms with van der Waals surface area (Å²) in [6, 6.07) is 4.90. The molecule has 1 atom stereocenters. The molecule has 1 rings (SSSR count). The van der Waals surface area contributed by atoms with Gasteiger partial charge in [-0.1, -0.05) is 12.1 Å². The molecule has 5 nitrogen and oxygen atoms in total. The highest BCUT2D eigenvalue weighted by Crippen LogP contribution is 2.18. The molecule has 1 aromatic rings. The number of phenolic OH excluding ortho intramolecular Hbond substituents is 1. The molecule has 0 amide bonds. The van der Waals surface area contributed by atoms with Crippen LogP contribution >= 0.6 is 0 Å². The van der Waals surface area contributed by atoms with Crippen molar-refractivity contribution >= 4 is 11.8 Å². The molecule has 0 aromatic heterocycles. The molecule has 0 saturated heterocycles. The number of phenols is 1. The summed E-state index contributed by atoms with van der Waals surface area (Å²) in [5.74, 6) is -1.15. The Bertz CT molecular complexity index is 476. The van der Waals surface area contributed by atoms with E-state index in [0.717, 1.165) is 0 Å². The Morgan fingerprint density at radius 1 is 1.22 bits per heavy atom. The van der Waals surface area contributed by atoms with Crippen molar-refractivity contribution in [2.45, 2.75) is 19.9 Å². The summed E-state index contributed by atoms with van der Waals surface area (Å²) in [4.78, 5) is 22.1. The van der Waals surface area contributed by atoms with Crippen LogP contribution in [-0.4, -0.2) is 22.0 Å². The number of carboxylic acid groups (broad SMARTS) is 1. The normalized spacial score (nSPS) is 12.9. The highest BCUT2D eigenvalue weighted by Gasteiger charge is 2.19. The summed E-state index contributed by atoms with van der Waals surface area (Å²) < 4.78 is 0. The Kier molecular flexibility index (Phi) is 4.48. The van der Waals surface area contributed by atoms with E-state index in [2.05, 4.69) is 5.32 Å². The Balaban J connectivity index is 2.94. The zero-order chi connectivity index (χ0) is 13.7. The van der Waals surface area contributed by atoms with Gasteiger partial charge >= 0.3 is 5.97 Å². The summed E-state index contributed by atoms with van der Waals surface area (Å²) in [7, 11) is 0. The lowest BCUT2D eigenvalue weighted by molar-refractivity contribution is -0.139. The van der Waals surface area contributed by atoms with Gasteiger partial charge in [0.2, 0.25) is 0 Å². The molecular weight excluding hydrogens is 234 g/mol. The van der Waals surface area contributed by atoms with Crippen LogP contribution in [0.25, 0.3) is 0 Å². The van der Waals surface area contributed by atoms with E-state index in [1.807, 2.05) is 0 Å². The first-order valence-corrected chi connectivity index (χ1v) is 5.37. The number of aliphatic carboxylic acids is 1. The molecular formula is C13H15NO4. The SMILES string of the molecule is CC(=O)/C=C(\C)NC(C(=O)O)c1ccc(O)cc1. The zero-order valence-corrected chi connectivity index (χ0v) is 10.2. The lowest BCUT2D eigenvalue weighted by Crippen LogP contribution is -2.27. The molecule has 3 N–H and O–H groups in total. The largest absolute Gasteiger partial charge is 0.508 e. The third kappa shape index (κ3) is 3.93. The topological polar surface area (TPSA) is 86.6 Å². The molecule has 0 radical (unpaired) electrons. The number of carbonyl (C=O) groups is 2. The third-order valence-electron chi connectivity index (χ3n) is 2.27. The minimum Gasteiger partial charge on any atom is -0.508 e. The molecule has 18 heavy (non-hydrogen) atoms. The van der Waals surface area contributed by atoms with Crippen molar-refractivity contribution < 1.29 is 19.8 Å². The van der Waals surface area contributed by atoms with Crippen LogP contribution in [-0.2, 0) is 9.59 Å². The summed E-state index contributed by atoms with van der Waals surface area (Å²) in [5.41, 5.74) is 0.972. The third-order valence-corrected chi connectivity index (χ3v) is 2.27. The van der Waals surface area contributed by atoms with Crippen LogP contribution in [0.5, 0.6) is 5.75 Å². The van der Waals surface area contributed by atoms with E-state index < -0.39 is 12.0 Å². The fourth-order valence-corrected chi connectivity index (χ4v) is 1.53. The number of benzene rings is 1. The molecule has 1 unspecified atom stereocenters. The second-order valence-corrected chi connectivity index (χ2v) is 3.95. The standard InChI is InChI=1S/C13H15NO4/c1-8(7-9(2)15)14-12(13(17)18)10-3-5-11(16)6-4-10/h3-7,12,14,16H,1-2H3,(H,17,18)/b8-7+. The zero-order valence-electron chi connectivity index (χ0n) is 10.2. The summed E-state index contributed by atoms with van der Waals surface area (Å²) in [5, 5.41) is 21.0. The van der Waals surface area contributed by atoms with Crippen LogP contribution in [0.3, 0.4) is 0 Å². The number of ketones is 1. The predicted octanol–water partition coefficient (Wildman–Crippen LogP) is 1.60. The van der Waals surface area contributed by atoms with E-state index in [4.69, 9.17) is 10.2 Å². The molecule has 5 heteroatoms. The lowest BCUT2D eigenvalue weighted by Gasteiger charge is -2.16. The Morgan fingerprint density at radius 3 is 2.22 bits per heavy atom. The van der Waals surface area contributed by atoms with Gasteiger partial charge in [-0.15, -0.1) is 0 Å². The van der Waals surface area contributed by atoms with Crippen molar-refractivity contribution in [3.8, 4) is 5.75 Å². The van der Waals surface area contributed by atoms with Gasteiger partial charge in [-0.2, -0.15) is 0 Å². The van der Waals surface area contributed by atoms with Gasteiger partial charge in [0, 0.05) is 5.70 Å². The van der Waals surface area contributed by atoms with E-state index >= 15 is 0 Å². The van der Waals surface area contributed by atoms with Gasteiger partial charge in [-0.05, 0) is 37.6 Å². The fraction of sp³-hybridized carbons (Fsp3) is 0.231. The van der Waals surface area contributed by atoms with Gasteiger partial charge in [-0.25, -0.2) is 4.79 Å².